The second-order valence-corrected chi connectivity index (χ2v) is 7.00. The molecule has 1 fully saturated rings. The van der Waals surface area contributed by atoms with Crippen molar-refractivity contribution in [1.82, 2.24) is 10.2 Å². The summed E-state index contributed by atoms with van der Waals surface area (Å²) in [4.78, 5) is 15.3. The average molecular weight is 341 g/mol. The van der Waals surface area contributed by atoms with Gasteiger partial charge >= 0.3 is 0 Å². The molecule has 1 aliphatic heterocycles. The van der Waals surface area contributed by atoms with Gasteiger partial charge in [-0.1, -0.05) is 18.5 Å². The predicted octanol–water partition coefficient (Wildman–Crippen LogP) is 3.91. The van der Waals surface area contributed by atoms with Crippen molar-refractivity contribution in [3.8, 4) is 0 Å². The molecule has 0 radical (unpaired) electrons. The number of amides is 1. The van der Waals surface area contributed by atoms with Gasteiger partial charge in [0.05, 0.1) is 5.02 Å². The van der Waals surface area contributed by atoms with Crippen LogP contribution in [0.4, 0.5) is 4.39 Å². The van der Waals surface area contributed by atoms with Crippen LogP contribution in [-0.2, 0) is 0 Å². The van der Waals surface area contributed by atoms with Crippen LogP contribution in [0.2, 0.25) is 5.02 Å². The van der Waals surface area contributed by atoms with E-state index < -0.39 is 0 Å². The Morgan fingerprint density at radius 3 is 2.86 bits per heavy atom. The van der Waals surface area contributed by atoms with Crippen LogP contribution in [0.1, 0.15) is 29.4 Å². The SMILES string of the molecule is CCN1CCC(NC(=O)c2sc3cc(F)ccc3c2Cl)CC1. The van der Waals surface area contributed by atoms with E-state index in [1.54, 1.807) is 6.07 Å². The molecule has 3 rings (SSSR count). The smallest absolute Gasteiger partial charge is 0.263 e. The van der Waals surface area contributed by atoms with Gasteiger partial charge in [0, 0.05) is 29.2 Å². The standard InChI is InChI=1S/C16H18ClFN2OS/c1-2-20-7-5-11(6-8-20)19-16(21)15-14(17)12-4-3-10(18)9-13(12)22-15/h3-4,9,11H,2,5-8H2,1H3,(H,19,21). The molecule has 1 N–H and O–H groups in total. The molecule has 0 atom stereocenters. The molecule has 1 aliphatic rings. The molecule has 1 amide bonds. The van der Waals surface area contributed by atoms with Crippen molar-refractivity contribution in [2.24, 2.45) is 0 Å². The van der Waals surface area contributed by atoms with Crippen LogP contribution in [-0.4, -0.2) is 36.5 Å². The van der Waals surface area contributed by atoms with Crippen molar-refractivity contribution in [2.75, 3.05) is 19.6 Å². The minimum Gasteiger partial charge on any atom is -0.348 e. The lowest BCUT2D eigenvalue weighted by Crippen LogP contribution is -2.44. The summed E-state index contributed by atoms with van der Waals surface area (Å²) in [6.45, 7) is 5.21. The highest BCUT2D eigenvalue weighted by atomic mass is 35.5. The van der Waals surface area contributed by atoms with E-state index in [-0.39, 0.29) is 17.8 Å². The van der Waals surface area contributed by atoms with E-state index in [9.17, 15) is 9.18 Å². The van der Waals surface area contributed by atoms with E-state index in [1.165, 1.54) is 23.5 Å². The highest BCUT2D eigenvalue weighted by Crippen LogP contribution is 2.35. The van der Waals surface area contributed by atoms with Gasteiger partial charge in [-0.15, -0.1) is 11.3 Å². The van der Waals surface area contributed by atoms with Crippen LogP contribution in [0.5, 0.6) is 0 Å². The van der Waals surface area contributed by atoms with Gasteiger partial charge in [0.1, 0.15) is 10.7 Å². The van der Waals surface area contributed by atoms with E-state index in [1.807, 2.05) is 0 Å². The van der Waals surface area contributed by atoms with Crippen molar-refractivity contribution < 1.29 is 9.18 Å². The molecule has 1 aromatic heterocycles. The Morgan fingerprint density at radius 2 is 2.18 bits per heavy atom. The van der Waals surface area contributed by atoms with Gasteiger partial charge in [-0.05, 0) is 37.6 Å². The Balaban J connectivity index is 1.74. The maximum atomic E-state index is 13.3. The van der Waals surface area contributed by atoms with Gasteiger partial charge in [-0.25, -0.2) is 4.39 Å². The Kier molecular flexibility index (Phi) is 4.66. The van der Waals surface area contributed by atoms with E-state index in [4.69, 9.17) is 11.6 Å². The fourth-order valence-corrected chi connectivity index (χ4v) is 4.27. The van der Waals surface area contributed by atoms with Gasteiger partial charge in [0.25, 0.3) is 5.91 Å². The number of hydrogen-bond donors (Lipinski definition) is 1. The normalized spacial score (nSPS) is 17.0. The molecule has 1 saturated heterocycles. The fourth-order valence-electron chi connectivity index (χ4n) is 2.83. The Morgan fingerprint density at radius 1 is 1.45 bits per heavy atom. The number of thiophene rings is 1. The zero-order valence-electron chi connectivity index (χ0n) is 12.4. The van der Waals surface area contributed by atoms with Crippen molar-refractivity contribution in [2.45, 2.75) is 25.8 Å². The van der Waals surface area contributed by atoms with Gasteiger partial charge < -0.3 is 10.2 Å². The highest BCUT2D eigenvalue weighted by molar-refractivity contribution is 7.21. The van der Waals surface area contributed by atoms with Crippen molar-refractivity contribution in [1.29, 1.82) is 0 Å². The number of likely N-dealkylation sites (tertiary alicyclic amines) is 1. The Labute approximate surface area is 138 Å². The lowest BCUT2D eigenvalue weighted by molar-refractivity contribution is 0.0917. The number of hydrogen-bond acceptors (Lipinski definition) is 3. The van der Waals surface area contributed by atoms with Crippen LogP contribution in [0.25, 0.3) is 10.1 Å². The number of nitrogens with one attached hydrogen (secondary N) is 1. The third-order valence-electron chi connectivity index (χ3n) is 4.17. The summed E-state index contributed by atoms with van der Waals surface area (Å²) in [6, 6.07) is 4.60. The topological polar surface area (TPSA) is 32.3 Å². The molecule has 0 bridgehead atoms. The number of rotatable bonds is 3. The van der Waals surface area contributed by atoms with E-state index in [2.05, 4.69) is 17.1 Å². The van der Waals surface area contributed by atoms with Gasteiger partial charge in [-0.2, -0.15) is 0 Å². The molecule has 118 valence electrons. The molecular formula is C16H18ClFN2OS. The summed E-state index contributed by atoms with van der Waals surface area (Å²) in [7, 11) is 0. The van der Waals surface area contributed by atoms with Gasteiger partial charge in [-0.3, -0.25) is 4.79 Å². The first-order valence-electron chi connectivity index (χ1n) is 7.49. The number of carbonyl (C=O) groups is 1. The molecule has 22 heavy (non-hydrogen) atoms. The van der Waals surface area contributed by atoms with Crippen LogP contribution in [0, 0.1) is 5.82 Å². The second-order valence-electron chi connectivity index (χ2n) is 5.57. The molecule has 0 saturated carbocycles. The molecule has 6 heteroatoms. The molecular weight excluding hydrogens is 323 g/mol. The third-order valence-corrected chi connectivity index (χ3v) is 5.82. The van der Waals surface area contributed by atoms with Gasteiger partial charge in [0.15, 0.2) is 0 Å². The van der Waals surface area contributed by atoms with Crippen molar-refractivity contribution in [3.63, 3.8) is 0 Å². The van der Waals surface area contributed by atoms with E-state index >= 15 is 0 Å². The van der Waals surface area contributed by atoms with Crippen molar-refractivity contribution in [3.05, 3.63) is 33.9 Å². The molecule has 3 nitrogen and oxygen atoms in total. The minimum atomic E-state index is -0.315. The quantitative estimate of drug-likeness (QED) is 0.918. The van der Waals surface area contributed by atoms with E-state index in [0.29, 0.717) is 14.6 Å². The fraction of sp³-hybridized carbons (Fsp3) is 0.438. The van der Waals surface area contributed by atoms with E-state index in [0.717, 1.165) is 37.9 Å². The monoisotopic (exact) mass is 340 g/mol. The molecule has 2 heterocycles. The number of benzene rings is 1. The molecule has 0 aliphatic carbocycles. The molecule has 2 aromatic rings. The minimum absolute atomic E-state index is 0.151. The number of carbonyl (C=O) groups excluding carboxylic acids is 1. The summed E-state index contributed by atoms with van der Waals surface area (Å²) >= 11 is 7.53. The predicted molar refractivity (Wildman–Crippen MR) is 89.4 cm³/mol. The lowest BCUT2D eigenvalue weighted by atomic mass is 10.1. The van der Waals surface area contributed by atoms with Crippen LogP contribution in [0.3, 0.4) is 0 Å². The third kappa shape index (κ3) is 3.12. The number of piperidine rings is 1. The maximum Gasteiger partial charge on any atom is 0.263 e. The summed E-state index contributed by atoms with van der Waals surface area (Å²) in [5, 5.41) is 4.22. The number of nitrogens with zero attached hydrogens (tertiary/aromatic N) is 1. The largest absolute Gasteiger partial charge is 0.348 e. The van der Waals surface area contributed by atoms with Crippen LogP contribution < -0.4 is 5.32 Å². The van der Waals surface area contributed by atoms with Crippen LogP contribution >= 0.6 is 22.9 Å². The first kappa shape index (κ1) is 15.7. The summed E-state index contributed by atoms with van der Waals surface area (Å²) < 4.78 is 14.0. The Bertz CT molecular complexity index is 695. The highest BCUT2D eigenvalue weighted by Gasteiger charge is 2.23. The molecule has 0 spiro atoms. The second kappa shape index (κ2) is 6.52. The summed E-state index contributed by atoms with van der Waals surface area (Å²) in [5.74, 6) is -0.467. The molecule has 1 aromatic carbocycles. The van der Waals surface area contributed by atoms with Gasteiger partial charge in [0.2, 0.25) is 0 Å². The van der Waals surface area contributed by atoms with Crippen LogP contribution in [0.15, 0.2) is 18.2 Å². The zero-order valence-corrected chi connectivity index (χ0v) is 13.9. The first-order valence-corrected chi connectivity index (χ1v) is 8.68. The summed E-state index contributed by atoms with van der Waals surface area (Å²) in [6.07, 6.45) is 1.91. The average Bonchev–Trinajstić information content (AvgIpc) is 2.84. The zero-order chi connectivity index (χ0) is 15.7. The first-order chi connectivity index (χ1) is 10.6. The number of halogens is 2. The molecule has 0 unspecified atom stereocenters. The maximum absolute atomic E-state index is 13.3. The Hall–Kier alpha value is -1.17. The lowest BCUT2D eigenvalue weighted by Gasteiger charge is -2.31. The van der Waals surface area contributed by atoms with Crippen molar-refractivity contribution >= 4 is 38.9 Å². The summed E-state index contributed by atoms with van der Waals surface area (Å²) in [5.41, 5.74) is 0. The number of fused-ring (bicyclic) bond motifs is 1.